The van der Waals surface area contributed by atoms with E-state index in [0.29, 0.717) is 6.04 Å². The number of likely N-dealkylation sites (N-methyl/N-ethyl adjacent to an activating group) is 2. The van der Waals surface area contributed by atoms with Gasteiger partial charge in [0.25, 0.3) is 0 Å². The number of nitrogens with two attached hydrogens (primary N) is 1. The molecule has 1 aliphatic carbocycles. The van der Waals surface area contributed by atoms with E-state index >= 15 is 0 Å². The van der Waals surface area contributed by atoms with Gasteiger partial charge in [-0.05, 0) is 50.3 Å². The van der Waals surface area contributed by atoms with Crippen LogP contribution in [-0.4, -0.2) is 37.1 Å². The standard InChI is InChI=1S/C25H38N4/c1-7-8-12-24(17(2)27-5)29-18(3)21-15-14-20(16-22(21)19(29)4)28(6)25-13-10-9-11-23(25)26/h7,14-16,18,23-25,27H,1-2,4,8-13,26H2,3,5-6H3. The average Bonchev–Trinajstić information content (AvgIpc) is 2.98. The maximum atomic E-state index is 6.44. The summed E-state index contributed by atoms with van der Waals surface area (Å²) in [4.78, 5) is 4.80. The number of benzene rings is 1. The lowest BCUT2D eigenvalue weighted by molar-refractivity contribution is 0.260. The Balaban J connectivity index is 1.88. The van der Waals surface area contributed by atoms with E-state index in [4.69, 9.17) is 5.73 Å². The summed E-state index contributed by atoms with van der Waals surface area (Å²) in [5, 5.41) is 3.26. The maximum Gasteiger partial charge on any atom is 0.0691 e. The second kappa shape index (κ2) is 9.08. The molecule has 0 saturated heterocycles. The van der Waals surface area contributed by atoms with E-state index < -0.39 is 0 Å². The van der Waals surface area contributed by atoms with E-state index in [1.54, 1.807) is 0 Å². The van der Waals surface area contributed by atoms with Crippen molar-refractivity contribution in [2.24, 2.45) is 5.73 Å². The first-order valence-electron chi connectivity index (χ1n) is 11.0. The molecular weight excluding hydrogens is 356 g/mol. The minimum Gasteiger partial charge on any atom is -0.390 e. The lowest BCUT2D eigenvalue weighted by Crippen LogP contribution is -2.48. The summed E-state index contributed by atoms with van der Waals surface area (Å²) < 4.78 is 0. The van der Waals surface area contributed by atoms with Gasteiger partial charge in [0, 0.05) is 48.8 Å². The van der Waals surface area contributed by atoms with Crippen LogP contribution in [0.3, 0.4) is 0 Å². The summed E-state index contributed by atoms with van der Waals surface area (Å²) >= 11 is 0. The van der Waals surface area contributed by atoms with E-state index in [-0.39, 0.29) is 18.1 Å². The lowest BCUT2D eigenvalue weighted by Gasteiger charge is -2.37. The minimum absolute atomic E-state index is 0.195. The molecule has 1 aromatic rings. The third-order valence-corrected chi connectivity index (χ3v) is 6.92. The Morgan fingerprint density at radius 2 is 2.10 bits per heavy atom. The van der Waals surface area contributed by atoms with Crippen LogP contribution in [0.25, 0.3) is 5.70 Å². The molecule has 29 heavy (non-hydrogen) atoms. The van der Waals surface area contributed by atoms with Gasteiger partial charge in [0.05, 0.1) is 12.1 Å². The third-order valence-electron chi connectivity index (χ3n) is 6.92. The smallest absolute Gasteiger partial charge is 0.0691 e. The van der Waals surface area contributed by atoms with Crippen molar-refractivity contribution in [2.45, 2.75) is 69.6 Å². The van der Waals surface area contributed by atoms with Crippen LogP contribution < -0.4 is 16.0 Å². The molecular formula is C25H38N4. The second-order valence-electron chi connectivity index (χ2n) is 8.59. The summed E-state index contributed by atoms with van der Waals surface area (Å²) in [5.41, 5.74) is 12.4. The van der Waals surface area contributed by atoms with Crippen molar-refractivity contribution in [2.75, 3.05) is 19.0 Å². The SMILES string of the molecule is C=CCCC(C(=C)NC)N1C(=C)c2cc(N(C)C3CCCCC3N)ccc2C1C. The third kappa shape index (κ3) is 4.09. The Labute approximate surface area is 177 Å². The quantitative estimate of drug-likeness (QED) is 0.621. The molecule has 4 unspecified atom stereocenters. The van der Waals surface area contributed by atoms with Crippen LogP contribution >= 0.6 is 0 Å². The fourth-order valence-corrected chi connectivity index (χ4v) is 5.09. The fraction of sp³-hybridized carbons (Fsp3) is 0.520. The summed E-state index contributed by atoms with van der Waals surface area (Å²) in [7, 11) is 4.13. The van der Waals surface area contributed by atoms with Crippen molar-refractivity contribution in [3.8, 4) is 0 Å². The summed E-state index contributed by atoms with van der Waals surface area (Å²) in [6.45, 7) is 14.9. The normalized spacial score (nSPS) is 24.8. The summed E-state index contributed by atoms with van der Waals surface area (Å²) in [6, 6.07) is 7.96. The molecule has 4 nitrogen and oxygen atoms in total. The maximum absolute atomic E-state index is 6.44. The van der Waals surface area contributed by atoms with Gasteiger partial charge in [-0.3, -0.25) is 0 Å². The Kier molecular flexibility index (Phi) is 6.74. The van der Waals surface area contributed by atoms with Gasteiger partial charge in [-0.15, -0.1) is 6.58 Å². The zero-order valence-electron chi connectivity index (χ0n) is 18.5. The fourth-order valence-electron chi connectivity index (χ4n) is 5.09. The van der Waals surface area contributed by atoms with Crippen molar-refractivity contribution in [3.05, 3.63) is 60.8 Å². The van der Waals surface area contributed by atoms with Crippen LogP contribution in [0.15, 0.2) is 49.7 Å². The zero-order valence-corrected chi connectivity index (χ0v) is 18.5. The molecule has 0 bridgehead atoms. The van der Waals surface area contributed by atoms with E-state index in [9.17, 15) is 0 Å². The summed E-state index contributed by atoms with van der Waals surface area (Å²) in [6.07, 6.45) is 8.71. The van der Waals surface area contributed by atoms with Gasteiger partial charge in [-0.2, -0.15) is 0 Å². The lowest BCUT2D eigenvalue weighted by atomic mass is 9.89. The van der Waals surface area contributed by atoms with Crippen molar-refractivity contribution in [1.82, 2.24) is 10.2 Å². The highest BCUT2D eigenvalue weighted by atomic mass is 15.2. The minimum atomic E-state index is 0.195. The molecule has 0 amide bonds. The van der Waals surface area contributed by atoms with E-state index in [1.807, 2.05) is 13.1 Å². The summed E-state index contributed by atoms with van der Waals surface area (Å²) in [5.74, 6) is 0. The highest BCUT2D eigenvalue weighted by Gasteiger charge is 2.36. The number of rotatable bonds is 8. The van der Waals surface area contributed by atoms with E-state index in [2.05, 4.69) is 67.0 Å². The molecule has 0 aromatic heterocycles. The van der Waals surface area contributed by atoms with Crippen molar-refractivity contribution >= 4 is 11.4 Å². The highest BCUT2D eigenvalue weighted by molar-refractivity contribution is 5.74. The van der Waals surface area contributed by atoms with Gasteiger partial charge in [0.15, 0.2) is 0 Å². The van der Waals surface area contributed by atoms with E-state index in [1.165, 1.54) is 36.1 Å². The largest absolute Gasteiger partial charge is 0.390 e. The highest BCUT2D eigenvalue weighted by Crippen LogP contribution is 2.45. The number of fused-ring (bicyclic) bond motifs is 1. The molecule has 1 aliphatic heterocycles. The van der Waals surface area contributed by atoms with Gasteiger partial charge < -0.3 is 20.9 Å². The van der Waals surface area contributed by atoms with Crippen LogP contribution in [-0.2, 0) is 0 Å². The van der Waals surface area contributed by atoms with Crippen molar-refractivity contribution in [3.63, 3.8) is 0 Å². The molecule has 2 aliphatic rings. The number of hydrogen-bond acceptors (Lipinski definition) is 4. The molecule has 1 aromatic carbocycles. The van der Waals surface area contributed by atoms with Crippen molar-refractivity contribution in [1.29, 1.82) is 0 Å². The van der Waals surface area contributed by atoms with E-state index in [0.717, 1.165) is 30.7 Å². The second-order valence-corrected chi connectivity index (χ2v) is 8.59. The molecule has 1 saturated carbocycles. The number of anilines is 1. The van der Waals surface area contributed by atoms with Crippen LogP contribution in [0.2, 0.25) is 0 Å². The van der Waals surface area contributed by atoms with Gasteiger partial charge in [0.1, 0.15) is 0 Å². The molecule has 1 heterocycles. The first kappa shape index (κ1) is 21.5. The Morgan fingerprint density at radius 1 is 1.38 bits per heavy atom. The molecule has 0 radical (unpaired) electrons. The number of nitrogens with one attached hydrogen (secondary N) is 1. The van der Waals surface area contributed by atoms with Crippen LogP contribution in [0.4, 0.5) is 5.69 Å². The van der Waals surface area contributed by atoms with Gasteiger partial charge in [-0.1, -0.05) is 38.1 Å². The zero-order chi connectivity index (χ0) is 21.1. The van der Waals surface area contributed by atoms with Crippen LogP contribution in [0.5, 0.6) is 0 Å². The Bertz CT molecular complexity index is 768. The average molecular weight is 395 g/mol. The molecule has 0 spiro atoms. The van der Waals surface area contributed by atoms with Crippen LogP contribution in [0, 0.1) is 0 Å². The molecule has 4 atom stereocenters. The predicted octanol–water partition coefficient (Wildman–Crippen LogP) is 4.81. The molecule has 3 N–H and O–H groups in total. The van der Waals surface area contributed by atoms with Gasteiger partial charge in [-0.25, -0.2) is 0 Å². The van der Waals surface area contributed by atoms with Crippen LogP contribution in [0.1, 0.15) is 62.6 Å². The molecule has 158 valence electrons. The number of allylic oxidation sites excluding steroid dienone is 1. The monoisotopic (exact) mass is 394 g/mol. The van der Waals surface area contributed by atoms with Crippen molar-refractivity contribution < 1.29 is 0 Å². The molecule has 4 heteroatoms. The van der Waals surface area contributed by atoms with Gasteiger partial charge >= 0.3 is 0 Å². The topological polar surface area (TPSA) is 44.5 Å². The predicted molar refractivity (Wildman–Crippen MR) is 126 cm³/mol. The number of hydrogen-bond donors (Lipinski definition) is 2. The molecule has 3 rings (SSSR count). The van der Waals surface area contributed by atoms with Gasteiger partial charge in [0.2, 0.25) is 0 Å². The molecule has 1 fully saturated rings. The Morgan fingerprint density at radius 3 is 2.76 bits per heavy atom. The first-order chi connectivity index (χ1) is 13.9. The Hall–Kier alpha value is -2.20. The number of nitrogens with zero attached hydrogens (tertiary/aromatic N) is 2. The first-order valence-corrected chi connectivity index (χ1v) is 11.0.